The molecule has 100 valence electrons. The molecule has 2 aliphatic rings. The highest BCUT2D eigenvalue weighted by atomic mass is 32.2. The number of sulfone groups is 1. The summed E-state index contributed by atoms with van der Waals surface area (Å²) in [6.07, 6.45) is 2.33. The molecule has 0 saturated carbocycles. The number of ether oxygens (including phenoxy) is 2. The van der Waals surface area contributed by atoms with E-state index < -0.39 is 9.84 Å². The SMILES string of the molecule is COC1(CNC2CCS(=O)(=O)CC2)CCOC1. The number of rotatable bonds is 4. The summed E-state index contributed by atoms with van der Waals surface area (Å²) in [5, 5.41) is 3.42. The van der Waals surface area contributed by atoms with Crippen LogP contribution >= 0.6 is 0 Å². The molecule has 1 atom stereocenters. The highest BCUT2D eigenvalue weighted by molar-refractivity contribution is 7.91. The summed E-state index contributed by atoms with van der Waals surface area (Å²) in [5.41, 5.74) is -0.212. The zero-order valence-corrected chi connectivity index (χ0v) is 11.1. The average molecular weight is 263 g/mol. The molecule has 0 spiro atoms. The van der Waals surface area contributed by atoms with Gasteiger partial charge in [0.15, 0.2) is 0 Å². The Balaban J connectivity index is 1.79. The van der Waals surface area contributed by atoms with Crippen LogP contribution in [0.15, 0.2) is 0 Å². The van der Waals surface area contributed by atoms with Crippen molar-refractivity contribution in [3.63, 3.8) is 0 Å². The predicted octanol–water partition coefficient (Wildman–Crippen LogP) is -0.0413. The zero-order chi connectivity index (χ0) is 12.4. The van der Waals surface area contributed by atoms with Crippen LogP contribution in [0.25, 0.3) is 0 Å². The highest BCUT2D eigenvalue weighted by Crippen LogP contribution is 2.22. The summed E-state index contributed by atoms with van der Waals surface area (Å²) in [7, 11) is -1.06. The van der Waals surface area contributed by atoms with Gasteiger partial charge in [-0.15, -0.1) is 0 Å². The topological polar surface area (TPSA) is 64.6 Å². The van der Waals surface area contributed by atoms with Gasteiger partial charge in [-0.2, -0.15) is 0 Å². The van der Waals surface area contributed by atoms with E-state index in [9.17, 15) is 8.42 Å². The standard InChI is InChI=1S/C11H21NO4S/c1-15-11(4-5-16-9-11)8-12-10-2-6-17(13,14)7-3-10/h10,12H,2-9H2,1H3. The summed E-state index contributed by atoms with van der Waals surface area (Å²) in [5.74, 6) is 0.613. The third-order valence-corrected chi connectivity index (χ3v) is 5.48. The van der Waals surface area contributed by atoms with Gasteiger partial charge in [-0.05, 0) is 12.8 Å². The molecule has 0 amide bonds. The first kappa shape index (κ1) is 13.3. The molecule has 2 fully saturated rings. The molecule has 0 bridgehead atoms. The third-order valence-electron chi connectivity index (χ3n) is 3.77. The Morgan fingerprint density at radius 1 is 1.41 bits per heavy atom. The van der Waals surface area contributed by atoms with Gasteiger partial charge in [0.25, 0.3) is 0 Å². The second kappa shape index (κ2) is 5.22. The van der Waals surface area contributed by atoms with Gasteiger partial charge in [-0.1, -0.05) is 0 Å². The number of hydrogen-bond acceptors (Lipinski definition) is 5. The molecule has 1 N–H and O–H groups in total. The minimum Gasteiger partial charge on any atom is -0.378 e. The summed E-state index contributed by atoms with van der Waals surface area (Å²) in [4.78, 5) is 0. The first-order chi connectivity index (χ1) is 8.05. The lowest BCUT2D eigenvalue weighted by Gasteiger charge is -2.30. The molecule has 0 aromatic rings. The molecule has 0 radical (unpaired) electrons. The second-order valence-electron chi connectivity index (χ2n) is 5.00. The van der Waals surface area contributed by atoms with Crippen LogP contribution in [0.5, 0.6) is 0 Å². The summed E-state index contributed by atoms with van der Waals surface area (Å²) < 4.78 is 33.5. The van der Waals surface area contributed by atoms with Crippen LogP contribution in [0.1, 0.15) is 19.3 Å². The van der Waals surface area contributed by atoms with Gasteiger partial charge < -0.3 is 14.8 Å². The Kier molecular flexibility index (Phi) is 4.07. The first-order valence-corrected chi connectivity index (χ1v) is 7.94. The van der Waals surface area contributed by atoms with Crippen molar-refractivity contribution < 1.29 is 17.9 Å². The van der Waals surface area contributed by atoms with Crippen molar-refractivity contribution in [1.82, 2.24) is 5.32 Å². The van der Waals surface area contributed by atoms with Crippen LogP contribution in [0.2, 0.25) is 0 Å². The van der Waals surface area contributed by atoms with Gasteiger partial charge in [-0.3, -0.25) is 0 Å². The summed E-state index contributed by atoms with van der Waals surface area (Å²) in [6.45, 7) is 2.12. The minimum absolute atomic E-state index is 0.212. The minimum atomic E-state index is -2.77. The van der Waals surface area contributed by atoms with E-state index in [-0.39, 0.29) is 5.60 Å². The smallest absolute Gasteiger partial charge is 0.150 e. The van der Waals surface area contributed by atoms with Crippen LogP contribution in [0, 0.1) is 0 Å². The van der Waals surface area contributed by atoms with Gasteiger partial charge in [-0.25, -0.2) is 8.42 Å². The fourth-order valence-corrected chi connectivity index (χ4v) is 3.88. The van der Waals surface area contributed by atoms with Crippen molar-refractivity contribution in [1.29, 1.82) is 0 Å². The van der Waals surface area contributed by atoms with E-state index in [1.807, 2.05) is 0 Å². The monoisotopic (exact) mass is 263 g/mol. The van der Waals surface area contributed by atoms with E-state index in [0.29, 0.717) is 37.0 Å². The molecule has 2 rings (SSSR count). The first-order valence-electron chi connectivity index (χ1n) is 6.12. The fourth-order valence-electron chi connectivity index (χ4n) is 2.39. The maximum atomic E-state index is 11.3. The molecule has 0 aromatic carbocycles. The number of nitrogens with one attached hydrogen (secondary N) is 1. The van der Waals surface area contributed by atoms with Gasteiger partial charge in [0, 0.05) is 32.7 Å². The zero-order valence-electron chi connectivity index (χ0n) is 10.3. The molecule has 2 aliphatic heterocycles. The van der Waals surface area contributed by atoms with Crippen molar-refractivity contribution in [2.24, 2.45) is 0 Å². The number of hydrogen-bond donors (Lipinski definition) is 1. The summed E-state index contributed by atoms with van der Waals surface area (Å²) in [6, 6.07) is 0.297. The van der Waals surface area contributed by atoms with Crippen LogP contribution in [-0.2, 0) is 19.3 Å². The van der Waals surface area contributed by atoms with E-state index in [1.54, 1.807) is 7.11 Å². The molecule has 2 saturated heterocycles. The van der Waals surface area contributed by atoms with E-state index in [4.69, 9.17) is 9.47 Å². The normalized spacial score (nSPS) is 33.9. The highest BCUT2D eigenvalue weighted by Gasteiger charge is 2.35. The summed E-state index contributed by atoms with van der Waals surface area (Å²) >= 11 is 0. The Hall–Kier alpha value is -0.170. The van der Waals surface area contributed by atoms with Crippen molar-refractivity contribution in [3.8, 4) is 0 Å². The molecule has 0 aliphatic carbocycles. The van der Waals surface area contributed by atoms with E-state index >= 15 is 0 Å². The van der Waals surface area contributed by atoms with Crippen LogP contribution in [0.3, 0.4) is 0 Å². The van der Waals surface area contributed by atoms with Crippen molar-refractivity contribution in [2.45, 2.75) is 30.9 Å². The van der Waals surface area contributed by atoms with Crippen molar-refractivity contribution in [2.75, 3.05) is 38.4 Å². The number of methoxy groups -OCH3 is 1. The molecule has 17 heavy (non-hydrogen) atoms. The van der Waals surface area contributed by atoms with Crippen molar-refractivity contribution >= 4 is 9.84 Å². The predicted molar refractivity (Wildman–Crippen MR) is 64.9 cm³/mol. The van der Waals surface area contributed by atoms with Crippen LogP contribution < -0.4 is 5.32 Å². The van der Waals surface area contributed by atoms with Crippen LogP contribution in [-0.4, -0.2) is 58.4 Å². The molecule has 2 heterocycles. The molecule has 6 heteroatoms. The molecular weight excluding hydrogens is 242 g/mol. The molecular formula is C11H21NO4S. The van der Waals surface area contributed by atoms with Crippen LogP contribution in [0.4, 0.5) is 0 Å². The Morgan fingerprint density at radius 3 is 2.65 bits per heavy atom. The largest absolute Gasteiger partial charge is 0.378 e. The van der Waals surface area contributed by atoms with Crippen molar-refractivity contribution in [3.05, 3.63) is 0 Å². The second-order valence-corrected chi connectivity index (χ2v) is 7.30. The molecule has 0 aromatic heterocycles. The lowest BCUT2D eigenvalue weighted by molar-refractivity contribution is -0.0176. The maximum Gasteiger partial charge on any atom is 0.150 e. The van der Waals surface area contributed by atoms with Gasteiger partial charge in [0.1, 0.15) is 15.4 Å². The third kappa shape index (κ3) is 3.40. The van der Waals surface area contributed by atoms with Gasteiger partial charge in [0.05, 0.1) is 18.1 Å². The Bertz CT molecular complexity index is 334. The fraction of sp³-hybridized carbons (Fsp3) is 1.00. The quantitative estimate of drug-likeness (QED) is 0.771. The lowest BCUT2D eigenvalue weighted by atomic mass is 10.0. The van der Waals surface area contributed by atoms with E-state index in [0.717, 1.165) is 19.6 Å². The van der Waals surface area contributed by atoms with E-state index in [1.165, 1.54) is 0 Å². The van der Waals surface area contributed by atoms with Gasteiger partial charge >= 0.3 is 0 Å². The molecule has 1 unspecified atom stereocenters. The van der Waals surface area contributed by atoms with Gasteiger partial charge in [0.2, 0.25) is 0 Å². The average Bonchev–Trinajstić information content (AvgIpc) is 2.77. The maximum absolute atomic E-state index is 11.3. The molecule has 5 nitrogen and oxygen atoms in total. The van der Waals surface area contributed by atoms with E-state index in [2.05, 4.69) is 5.32 Å². The lowest BCUT2D eigenvalue weighted by Crippen LogP contribution is -2.48. The Labute approximate surface area is 103 Å². The Morgan fingerprint density at radius 2 is 2.12 bits per heavy atom.